The van der Waals surface area contributed by atoms with Crippen LogP contribution < -0.4 is 4.74 Å². The van der Waals surface area contributed by atoms with Crippen LogP contribution in [0.3, 0.4) is 0 Å². The lowest BCUT2D eigenvalue weighted by molar-refractivity contribution is -0.131. The normalized spacial score (nSPS) is 15.9. The molecule has 0 radical (unpaired) electrons. The topological polar surface area (TPSA) is 66.9 Å². The van der Waals surface area contributed by atoms with Gasteiger partial charge in [-0.1, -0.05) is 19.8 Å². The SMILES string of the molecule is CCOc1ccc(S(=O)(=O)N(CC)CC(=O)N2CCCCCC2)cc1. The zero-order valence-electron chi connectivity index (χ0n) is 15.1. The highest BCUT2D eigenvalue weighted by Crippen LogP contribution is 2.20. The molecule has 6 nitrogen and oxygen atoms in total. The molecule has 0 atom stereocenters. The zero-order valence-corrected chi connectivity index (χ0v) is 15.9. The van der Waals surface area contributed by atoms with E-state index in [2.05, 4.69) is 0 Å². The van der Waals surface area contributed by atoms with E-state index in [1.165, 1.54) is 16.4 Å². The Morgan fingerprint density at radius 1 is 1.08 bits per heavy atom. The number of amides is 1. The lowest BCUT2D eigenvalue weighted by Gasteiger charge is -2.25. The Labute approximate surface area is 150 Å². The standard InChI is InChI=1S/C18H28N2O4S/c1-3-20(15-18(21)19-13-7-5-6-8-14-19)25(22,23)17-11-9-16(10-12-17)24-4-2/h9-12H,3-8,13-15H2,1-2H3. The summed E-state index contributed by atoms with van der Waals surface area (Å²) in [7, 11) is -3.70. The van der Waals surface area contributed by atoms with E-state index >= 15 is 0 Å². The Kier molecular flexibility index (Phi) is 7.25. The minimum atomic E-state index is -3.70. The van der Waals surface area contributed by atoms with Crippen LogP contribution in [0, 0.1) is 0 Å². The molecule has 0 aliphatic carbocycles. The summed E-state index contributed by atoms with van der Waals surface area (Å²) in [6, 6.07) is 6.33. The van der Waals surface area contributed by atoms with Crippen LogP contribution in [0.25, 0.3) is 0 Å². The second-order valence-corrected chi connectivity index (χ2v) is 8.07. The van der Waals surface area contributed by atoms with E-state index in [4.69, 9.17) is 4.74 Å². The largest absolute Gasteiger partial charge is 0.494 e. The highest BCUT2D eigenvalue weighted by Gasteiger charge is 2.27. The lowest BCUT2D eigenvalue weighted by Crippen LogP contribution is -2.43. The molecule has 140 valence electrons. The molecule has 0 aromatic heterocycles. The number of ether oxygens (including phenoxy) is 1. The first kappa shape index (κ1) is 19.7. The summed E-state index contributed by atoms with van der Waals surface area (Å²) in [6.45, 7) is 5.75. The van der Waals surface area contributed by atoms with Gasteiger partial charge in [0.15, 0.2) is 0 Å². The van der Waals surface area contributed by atoms with Crippen LogP contribution in [0.1, 0.15) is 39.5 Å². The second kappa shape index (κ2) is 9.20. The molecule has 1 amide bonds. The summed E-state index contributed by atoms with van der Waals surface area (Å²) < 4.78 is 32.3. The maximum absolute atomic E-state index is 12.8. The number of rotatable bonds is 7. The fraction of sp³-hybridized carbons (Fsp3) is 0.611. The van der Waals surface area contributed by atoms with Gasteiger partial charge in [-0.15, -0.1) is 0 Å². The molecule has 1 aliphatic heterocycles. The van der Waals surface area contributed by atoms with Crippen molar-refractivity contribution in [1.29, 1.82) is 0 Å². The van der Waals surface area contributed by atoms with Crippen molar-refractivity contribution >= 4 is 15.9 Å². The van der Waals surface area contributed by atoms with Gasteiger partial charge in [0.2, 0.25) is 15.9 Å². The van der Waals surface area contributed by atoms with Crippen molar-refractivity contribution < 1.29 is 17.9 Å². The van der Waals surface area contributed by atoms with Gasteiger partial charge in [0.25, 0.3) is 0 Å². The number of carbonyl (C=O) groups is 1. The zero-order chi connectivity index (χ0) is 18.3. The van der Waals surface area contributed by atoms with Gasteiger partial charge in [0.05, 0.1) is 18.0 Å². The Morgan fingerprint density at radius 3 is 2.20 bits per heavy atom. The van der Waals surface area contributed by atoms with Crippen LogP contribution in [0.5, 0.6) is 5.75 Å². The van der Waals surface area contributed by atoms with Gasteiger partial charge in [-0.2, -0.15) is 4.31 Å². The van der Waals surface area contributed by atoms with Gasteiger partial charge in [-0.25, -0.2) is 8.42 Å². The molecular weight excluding hydrogens is 340 g/mol. The fourth-order valence-electron chi connectivity index (χ4n) is 2.96. The van der Waals surface area contributed by atoms with E-state index in [1.807, 2.05) is 6.92 Å². The van der Waals surface area contributed by atoms with Crippen molar-refractivity contribution in [3.63, 3.8) is 0 Å². The first-order valence-corrected chi connectivity index (χ1v) is 10.4. The van der Waals surface area contributed by atoms with Gasteiger partial charge in [0.1, 0.15) is 5.75 Å². The number of nitrogens with zero attached hydrogens (tertiary/aromatic N) is 2. The molecule has 0 N–H and O–H groups in total. The van der Waals surface area contributed by atoms with E-state index in [1.54, 1.807) is 24.0 Å². The maximum atomic E-state index is 12.8. The Morgan fingerprint density at radius 2 is 1.68 bits per heavy atom. The van der Waals surface area contributed by atoms with E-state index in [0.717, 1.165) is 38.8 Å². The average molecular weight is 368 g/mol. The van der Waals surface area contributed by atoms with Gasteiger partial charge >= 0.3 is 0 Å². The smallest absolute Gasteiger partial charge is 0.243 e. The average Bonchev–Trinajstić information content (AvgIpc) is 2.89. The van der Waals surface area contributed by atoms with Crippen LogP contribution in [-0.2, 0) is 14.8 Å². The minimum Gasteiger partial charge on any atom is -0.494 e. The number of sulfonamides is 1. The van der Waals surface area contributed by atoms with Crippen molar-refractivity contribution in [2.75, 3.05) is 32.8 Å². The number of likely N-dealkylation sites (tertiary alicyclic amines) is 1. The molecule has 0 spiro atoms. The molecule has 1 saturated heterocycles. The van der Waals surface area contributed by atoms with Crippen molar-refractivity contribution in [2.45, 2.75) is 44.4 Å². The number of likely N-dealkylation sites (N-methyl/N-ethyl adjacent to an activating group) is 1. The van der Waals surface area contributed by atoms with E-state index in [9.17, 15) is 13.2 Å². The maximum Gasteiger partial charge on any atom is 0.243 e. The molecule has 0 saturated carbocycles. The summed E-state index contributed by atoms with van der Waals surface area (Å²) in [5.41, 5.74) is 0. The molecule has 1 heterocycles. The van der Waals surface area contributed by atoms with Gasteiger partial charge in [-0.3, -0.25) is 4.79 Å². The molecule has 1 aromatic carbocycles. The van der Waals surface area contributed by atoms with Crippen molar-refractivity contribution in [3.8, 4) is 5.75 Å². The third kappa shape index (κ3) is 5.19. The van der Waals surface area contributed by atoms with Gasteiger partial charge < -0.3 is 9.64 Å². The van der Waals surface area contributed by atoms with Gasteiger partial charge in [-0.05, 0) is 44.0 Å². The molecule has 0 bridgehead atoms. The third-order valence-electron chi connectivity index (χ3n) is 4.40. The fourth-order valence-corrected chi connectivity index (χ4v) is 4.36. The first-order valence-electron chi connectivity index (χ1n) is 8.99. The Hall–Kier alpha value is -1.60. The van der Waals surface area contributed by atoms with Crippen molar-refractivity contribution in [1.82, 2.24) is 9.21 Å². The Bertz CT molecular complexity index is 650. The monoisotopic (exact) mass is 368 g/mol. The van der Waals surface area contributed by atoms with Crippen LogP contribution in [-0.4, -0.2) is 56.3 Å². The quantitative estimate of drug-likeness (QED) is 0.742. The molecule has 0 unspecified atom stereocenters. The Balaban J connectivity index is 2.10. The van der Waals surface area contributed by atoms with Gasteiger partial charge in [0, 0.05) is 19.6 Å². The molecule has 1 aliphatic rings. The molecular formula is C18H28N2O4S. The van der Waals surface area contributed by atoms with Crippen LogP contribution in [0.4, 0.5) is 0 Å². The lowest BCUT2D eigenvalue weighted by atomic mass is 10.2. The third-order valence-corrected chi connectivity index (χ3v) is 6.33. The summed E-state index contributed by atoms with van der Waals surface area (Å²) in [5.74, 6) is 0.517. The molecule has 1 fully saturated rings. The number of hydrogen-bond acceptors (Lipinski definition) is 4. The second-order valence-electron chi connectivity index (χ2n) is 6.13. The number of hydrogen-bond donors (Lipinski definition) is 0. The molecule has 25 heavy (non-hydrogen) atoms. The summed E-state index contributed by atoms with van der Waals surface area (Å²) in [5, 5.41) is 0. The highest BCUT2D eigenvalue weighted by atomic mass is 32.2. The predicted octanol–water partition coefficient (Wildman–Crippen LogP) is 2.50. The summed E-state index contributed by atoms with van der Waals surface area (Å²) >= 11 is 0. The predicted molar refractivity (Wildman–Crippen MR) is 97.1 cm³/mol. The minimum absolute atomic E-state index is 0.105. The molecule has 2 rings (SSSR count). The highest BCUT2D eigenvalue weighted by molar-refractivity contribution is 7.89. The summed E-state index contributed by atoms with van der Waals surface area (Å²) in [4.78, 5) is 14.5. The number of benzene rings is 1. The van der Waals surface area contributed by atoms with E-state index in [0.29, 0.717) is 12.4 Å². The van der Waals surface area contributed by atoms with E-state index in [-0.39, 0.29) is 23.9 Å². The van der Waals surface area contributed by atoms with Crippen LogP contribution >= 0.6 is 0 Å². The van der Waals surface area contributed by atoms with Crippen molar-refractivity contribution in [3.05, 3.63) is 24.3 Å². The van der Waals surface area contributed by atoms with Crippen molar-refractivity contribution in [2.24, 2.45) is 0 Å². The summed E-state index contributed by atoms with van der Waals surface area (Å²) in [6.07, 6.45) is 4.24. The molecule has 7 heteroatoms. The van der Waals surface area contributed by atoms with E-state index < -0.39 is 10.0 Å². The van der Waals surface area contributed by atoms with Crippen LogP contribution in [0.2, 0.25) is 0 Å². The molecule has 1 aromatic rings. The van der Waals surface area contributed by atoms with Crippen LogP contribution in [0.15, 0.2) is 29.2 Å². The first-order chi connectivity index (χ1) is 12.0. The number of carbonyl (C=O) groups excluding carboxylic acids is 1.